The topological polar surface area (TPSA) is 62.7 Å². The van der Waals surface area contributed by atoms with Crippen LogP contribution in [0.15, 0.2) is 47.6 Å². The Labute approximate surface area is 151 Å². The number of thiazole rings is 1. The maximum Gasteiger partial charge on any atom is 0.332 e. The van der Waals surface area contributed by atoms with Gasteiger partial charge in [-0.3, -0.25) is 9.69 Å². The van der Waals surface area contributed by atoms with Gasteiger partial charge in [0.25, 0.3) is 5.91 Å². The van der Waals surface area contributed by atoms with E-state index in [0.29, 0.717) is 15.8 Å². The predicted molar refractivity (Wildman–Crippen MR) is 96.2 cm³/mol. The molecule has 1 saturated heterocycles. The van der Waals surface area contributed by atoms with Crippen molar-refractivity contribution < 1.29 is 14.3 Å². The number of esters is 1. The first-order chi connectivity index (χ1) is 11.5. The van der Waals surface area contributed by atoms with E-state index < -0.39 is 11.9 Å². The van der Waals surface area contributed by atoms with Gasteiger partial charge in [0.2, 0.25) is 0 Å². The summed E-state index contributed by atoms with van der Waals surface area (Å²) in [5.41, 5.74) is 0.691. The summed E-state index contributed by atoms with van der Waals surface area (Å²) in [4.78, 5) is 31.3. The van der Waals surface area contributed by atoms with Crippen molar-refractivity contribution in [2.45, 2.75) is 0 Å². The van der Waals surface area contributed by atoms with Crippen LogP contribution in [0.1, 0.15) is 0 Å². The number of ether oxygens (including phenoxy) is 1. The lowest BCUT2D eigenvalue weighted by molar-refractivity contribution is -0.135. The fraction of sp³-hybridized carbons (Fsp3) is 0.0667. The van der Waals surface area contributed by atoms with E-state index in [2.05, 4.69) is 9.72 Å². The van der Waals surface area contributed by atoms with Crippen LogP contribution in [0, 0.1) is 0 Å². The Morgan fingerprint density at radius 2 is 2.04 bits per heavy atom. The van der Waals surface area contributed by atoms with Gasteiger partial charge < -0.3 is 4.74 Å². The summed E-state index contributed by atoms with van der Waals surface area (Å²) in [7, 11) is 1.24. The molecule has 0 aliphatic carbocycles. The smallest absolute Gasteiger partial charge is 0.332 e. The molecule has 0 saturated carbocycles. The number of hydrogen-bond donors (Lipinski definition) is 0. The Hall–Kier alpha value is -2.29. The first-order valence-electron chi connectivity index (χ1n) is 6.66. The number of methoxy groups -OCH3 is 1. The Bertz CT molecular complexity index is 834. The third-order valence-corrected chi connectivity index (χ3v) is 4.57. The van der Waals surface area contributed by atoms with Crippen molar-refractivity contribution in [3.63, 3.8) is 0 Å². The highest BCUT2D eigenvalue weighted by atomic mass is 35.5. The molecule has 1 aromatic heterocycles. The minimum atomic E-state index is -0.652. The Morgan fingerprint density at radius 1 is 1.33 bits per heavy atom. The lowest BCUT2D eigenvalue weighted by atomic mass is 10.2. The van der Waals surface area contributed by atoms with Crippen LogP contribution in [0.2, 0.25) is 5.02 Å². The molecule has 6 nitrogen and oxygen atoms in total. The molecule has 9 heteroatoms. The number of anilines is 2. The summed E-state index contributed by atoms with van der Waals surface area (Å²) < 4.78 is 4.63. The number of aromatic nitrogens is 1. The first kappa shape index (κ1) is 16.6. The average molecular weight is 380 g/mol. The second kappa shape index (κ2) is 6.68. The second-order valence-electron chi connectivity index (χ2n) is 4.60. The van der Waals surface area contributed by atoms with Gasteiger partial charge >= 0.3 is 5.97 Å². The molecule has 0 spiro atoms. The van der Waals surface area contributed by atoms with Gasteiger partial charge in [-0.25, -0.2) is 14.7 Å². The molecule has 1 fully saturated rings. The van der Waals surface area contributed by atoms with Gasteiger partial charge in [-0.2, -0.15) is 0 Å². The minimum Gasteiger partial charge on any atom is -0.466 e. The van der Waals surface area contributed by atoms with Gasteiger partial charge in [0.15, 0.2) is 10.2 Å². The number of amides is 1. The Kier molecular flexibility index (Phi) is 4.61. The fourth-order valence-electron chi connectivity index (χ4n) is 2.13. The van der Waals surface area contributed by atoms with Gasteiger partial charge in [0.1, 0.15) is 5.70 Å². The van der Waals surface area contributed by atoms with E-state index in [1.54, 1.807) is 35.8 Å². The summed E-state index contributed by atoms with van der Waals surface area (Å²) in [6.07, 6.45) is 2.68. The van der Waals surface area contributed by atoms with Crippen LogP contribution in [0.5, 0.6) is 0 Å². The maximum atomic E-state index is 12.8. The molecule has 0 N–H and O–H groups in total. The molecule has 0 bridgehead atoms. The molecule has 0 unspecified atom stereocenters. The first-order valence-corrected chi connectivity index (χ1v) is 8.32. The zero-order valence-corrected chi connectivity index (χ0v) is 14.7. The molecule has 122 valence electrons. The van der Waals surface area contributed by atoms with E-state index in [-0.39, 0.29) is 10.8 Å². The zero-order chi connectivity index (χ0) is 17.3. The standard InChI is InChI=1S/C15H10ClN3O3S2/c1-22-12(20)8-11-13(21)19(14-17-6-7-24-14)15(23)18(11)10-4-2-9(16)3-5-10/h2-8H,1H3/b11-8+. The van der Waals surface area contributed by atoms with Crippen LogP contribution < -0.4 is 9.80 Å². The van der Waals surface area contributed by atoms with Crippen LogP contribution in [0.25, 0.3) is 0 Å². The maximum absolute atomic E-state index is 12.8. The summed E-state index contributed by atoms with van der Waals surface area (Å²) >= 11 is 12.6. The summed E-state index contributed by atoms with van der Waals surface area (Å²) in [6, 6.07) is 6.76. The molecular formula is C15H10ClN3O3S2. The highest BCUT2D eigenvalue weighted by molar-refractivity contribution is 7.81. The van der Waals surface area contributed by atoms with E-state index in [9.17, 15) is 9.59 Å². The summed E-state index contributed by atoms with van der Waals surface area (Å²) in [5.74, 6) is -1.10. The van der Waals surface area contributed by atoms with Crippen LogP contribution in [0.4, 0.5) is 10.8 Å². The van der Waals surface area contributed by atoms with Gasteiger partial charge in [0, 0.05) is 22.3 Å². The van der Waals surface area contributed by atoms with E-state index in [4.69, 9.17) is 23.8 Å². The summed E-state index contributed by atoms with van der Waals surface area (Å²) in [6.45, 7) is 0. The lowest BCUT2D eigenvalue weighted by Gasteiger charge is -2.19. The number of carbonyl (C=O) groups is 2. The number of hydrogen-bond acceptors (Lipinski definition) is 6. The number of carbonyl (C=O) groups excluding carboxylic acids is 2. The number of nitrogens with zero attached hydrogens (tertiary/aromatic N) is 3. The Balaban J connectivity index is 2.11. The van der Waals surface area contributed by atoms with E-state index in [0.717, 1.165) is 6.08 Å². The van der Waals surface area contributed by atoms with Crippen molar-refractivity contribution in [1.29, 1.82) is 0 Å². The molecule has 0 radical (unpaired) electrons. The van der Waals surface area contributed by atoms with Crippen LogP contribution in [-0.4, -0.2) is 29.1 Å². The molecule has 1 aliphatic heterocycles. The van der Waals surface area contributed by atoms with Crippen molar-refractivity contribution in [3.05, 3.63) is 52.6 Å². The van der Waals surface area contributed by atoms with Crippen LogP contribution in [-0.2, 0) is 14.3 Å². The van der Waals surface area contributed by atoms with E-state index in [1.165, 1.54) is 28.2 Å². The van der Waals surface area contributed by atoms with Crippen LogP contribution >= 0.6 is 35.2 Å². The fourth-order valence-corrected chi connectivity index (χ4v) is 3.33. The molecule has 1 amide bonds. The highest BCUT2D eigenvalue weighted by Crippen LogP contribution is 2.33. The Morgan fingerprint density at radius 3 is 2.62 bits per heavy atom. The number of rotatable bonds is 3. The van der Waals surface area contributed by atoms with Gasteiger partial charge in [0.05, 0.1) is 13.2 Å². The van der Waals surface area contributed by atoms with Crippen molar-refractivity contribution >= 4 is 63.0 Å². The molecule has 1 aliphatic rings. The van der Waals surface area contributed by atoms with Gasteiger partial charge in [-0.05, 0) is 36.5 Å². The third kappa shape index (κ3) is 2.91. The lowest BCUT2D eigenvalue weighted by Crippen LogP contribution is -2.32. The average Bonchev–Trinajstić information content (AvgIpc) is 3.16. The summed E-state index contributed by atoms with van der Waals surface area (Å²) in [5, 5.41) is 2.91. The van der Waals surface area contributed by atoms with E-state index in [1.807, 2.05) is 0 Å². The molecule has 3 rings (SSSR count). The van der Waals surface area contributed by atoms with Gasteiger partial charge in [-0.1, -0.05) is 11.6 Å². The molecule has 2 heterocycles. The number of benzene rings is 1. The largest absolute Gasteiger partial charge is 0.466 e. The third-order valence-electron chi connectivity index (χ3n) is 3.20. The van der Waals surface area contributed by atoms with Crippen LogP contribution in [0.3, 0.4) is 0 Å². The molecule has 2 aromatic rings. The predicted octanol–water partition coefficient (Wildman–Crippen LogP) is 2.99. The monoisotopic (exact) mass is 379 g/mol. The minimum absolute atomic E-state index is 0.0874. The molecule has 0 atom stereocenters. The second-order valence-corrected chi connectivity index (χ2v) is 6.28. The quantitative estimate of drug-likeness (QED) is 0.464. The molecular weight excluding hydrogens is 370 g/mol. The zero-order valence-electron chi connectivity index (χ0n) is 12.3. The van der Waals surface area contributed by atoms with Gasteiger partial charge in [-0.15, -0.1) is 11.3 Å². The number of thiocarbonyl (C=S) groups is 1. The van der Waals surface area contributed by atoms with Crippen molar-refractivity contribution in [2.24, 2.45) is 0 Å². The van der Waals surface area contributed by atoms with Crippen molar-refractivity contribution in [3.8, 4) is 0 Å². The SMILES string of the molecule is COC(=O)/C=C1\C(=O)N(c2nccs2)C(=S)N1c1ccc(Cl)cc1. The molecule has 24 heavy (non-hydrogen) atoms. The molecule has 1 aromatic carbocycles. The van der Waals surface area contributed by atoms with Crippen molar-refractivity contribution in [1.82, 2.24) is 4.98 Å². The number of halogens is 1. The van der Waals surface area contributed by atoms with E-state index >= 15 is 0 Å². The van der Waals surface area contributed by atoms with Crippen molar-refractivity contribution in [2.75, 3.05) is 16.9 Å². The highest BCUT2D eigenvalue weighted by Gasteiger charge is 2.41. The normalized spacial score (nSPS) is 16.2.